The summed E-state index contributed by atoms with van der Waals surface area (Å²) >= 11 is 17.7. The molecular formula is C13H11Cl3N2O2. The SMILES string of the molecule is O=C(CNCc1ccco1)Nc1c(Cl)cc(Cl)cc1Cl. The van der Waals surface area contributed by atoms with Gasteiger partial charge in [-0.25, -0.2) is 0 Å². The van der Waals surface area contributed by atoms with Gasteiger partial charge in [-0.1, -0.05) is 34.8 Å². The van der Waals surface area contributed by atoms with Gasteiger partial charge in [0.15, 0.2) is 0 Å². The first-order valence-electron chi connectivity index (χ1n) is 5.74. The van der Waals surface area contributed by atoms with Gasteiger partial charge in [-0.05, 0) is 24.3 Å². The van der Waals surface area contributed by atoms with Crippen LogP contribution in [0.4, 0.5) is 5.69 Å². The lowest BCUT2D eigenvalue weighted by atomic mass is 10.3. The molecule has 0 saturated heterocycles. The predicted molar refractivity (Wildman–Crippen MR) is 80.5 cm³/mol. The average molecular weight is 334 g/mol. The molecule has 0 fully saturated rings. The van der Waals surface area contributed by atoms with Crippen molar-refractivity contribution in [2.45, 2.75) is 6.54 Å². The maximum absolute atomic E-state index is 11.8. The first kappa shape index (κ1) is 15.2. The van der Waals surface area contributed by atoms with E-state index in [0.717, 1.165) is 5.76 Å². The molecule has 1 heterocycles. The van der Waals surface area contributed by atoms with Crippen molar-refractivity contribution in [2.24, 2.45) is 0 Å². The second-order valence-electron chi connectivity index (χ2n) is 3.98. The highest BCUT2D eigenvalue weighted by molar-refractivity contribution is 6.42. The van der Waals surface area contributed by atoms with Crippen LogP contribution in [0.1, 0.15) is 5.76 Å². The molecule has 2 aromatic rings. The van der Waals surface area contributed by atoms with Crippen molar-refractivity contribution in [3.8, 4) is 0 Å². The van der Waals surface area contributed by atoms with Crippen LogP contribution in [0.25, 0.3) is 0 Å². The van der Waals surface area contributed by atoms with E-state index in [9.17, 15) is 4.79 Å². The first-order valence-corrected chi connectivity index (χ1v) is 6.87. The Morgan fingerprint density at radius 2 is 1.90 bits per heavy atom. The zero-order valence-corrected chi connectivity index (χ0v) is 12.5. The maximum atomic E-state index is 11.8. The fourth-order valence-corrected chi connectivity index (χ4v) is 2.47. The van der Waals surface area contributed by atoms with Gasteiger partial charge in [-0.15, -0.1) is 0 Å². The van der Waals surface area contributed by atoms with Gasteiger partial charge in [0.2, 0.25) is 5.91 Å². The smallest absolute Gasteiger partial charge is 0.238 e. The van der Waals surface area contributed by atoms with Gasteiger partial charge in [0.1, 0.15) is 5.76 Å². The molecular weight excluding hydrogens is 323 g/mol. The molecule has 2 rings (SSSR count). The monoisotopic (exact) mass is 332 g/mol. The zero-order chi connectivity index (χ0) is 14.5. The summed E-state index contributed by atoms with van der Waals surface area (Å²) < 4.78 is 5.13. The van der Waals surface area contributed by atoms with Gasteiger partial charge < -0.3 is 15.1 Å². The fraction of sp³-hybridized carbons (Fsp3) is 0.154. The summed E-state index contributed by atoms with van der Waals surface area (Å²) in [7, 11) is 0. The Morgan fingerprint density at radius 3 is 2.50 bits per heavy atom. The minimum atomic E-state index is -0.261. The minimum Gasteiger partial charge on any atom is -0.468 e. The number of benzene rings is 1. The normalized spacial score (nSPS) is 10.6. The second-order valence-corrected chi connectivity index (χ2v) is 5.23. The molecule has 0 saturated carbocycles. The first-order chi connectivity index (χ1) is 9.56. The molecule has 0 radical (unpaired) electrons. The van der Waals surface area contributed by atoms with Crippen LogP contribution in [0.3, 0.4) is 0 Å². The standard InChI is InChI=1S/C13H11Cl3N2O2/c14-8-4-10(15)13(11(16)5-8)18-12(19)7-17-6-9-2-1-3-20-9/h1-5,17H,6-7H2,(H,18,19). The van der Waals surface area contributed by atoms with E-state index in [0.29, 0.717) is 27.3 Å². The lowest BCUT2D eigenvalue weighted by Gasteiger charge is -2.10. The Balaban J connectivity index is 1.88. The number of carbonyl (C=O) groups is 1. The van der Waals surface area contributed by atoms with E-state index in [-0.39, 0.29) is 12.5 Å². The van der Waals surface area contributed by atoms with E-state index in [2.05, 4.69) is 10.6 Å². The summed E-state index contributed by atoms with van der Waals surface area (Å²) in [5.41, 5.74) is 0.350. The molecule has 1 amide bonds. The summed E-state index contributed by atoms with van der Waals surface area (Å²) in [6, 6.07) is 6.63. The molecule has 0 spiro atoms. The van der Waals surface area contributed by atoms with Gasteiger partial charge in [0.05, 0.1) is 35.1 Å². The molecule has 0 bridgehead atoms. The predicted octanol–water partition coefficient (Wildman–Crippen LogP) is 3.97. The number of hydrogen-bond donors (Lipinski definition) is 2. The van der Waals surface area contributed by atoms with Crippen molar-refractivity contribution in [3.63, 3.8) is 0 Å². The number of halogens is 3. The molecule has 4 nitrogen and oxygen atoms in total. The largest absolute Gasteiger partial charge is 0.468 e. The van der Waals surface area contributed by atoms with E-state index in [1.165, 1.54) is 12.1 Å². The molecule has 0 atom stereocenters. The Hall–Kier alpha value is -1.20. The van der Waals surface area contributed by atoms with Crippen molar-refractivity contribution in [1.82, 2.24) is 5.32 Å². The number of hydrogen-bond acceptors (Lipinski definition) is 3. The van der Waals surface area contributed by atoms with Gasteiger partial charge in [0, 0.05) is 5.02 Å². The summed E-state index contributed by atoms with van der Waals surface area (Å²) in [5.74, 6) is 0.489. The van der Waals surface area contributed by atoms with E-state index in [1.54, 1.807) is 12.3 Å². The summed E-state index contributed by atoms with van der Waals surface area (Å²) in [6.07, 6.45) is 1.57. The summed E-state index contributed by atoms with van der Waals surface area (Å²) in [4.78, 5) is 11.8. The fourth-order valence-electron chi connectivity index (χ4n) is 1.56. The van der Waals surface area contributed by atoms with E-state index in [1.807, 2.05) is 6.07 Å². The highest BCUT2D eigenvalue weighted by atomic mass is 35.5. The van der Waals surface area contributed by atoms with E-state index >= 15 is 0 Å². The van der Waals surface area contributed by atoms with E-state index < -0.39 is 0 Å². The molecule has 0 aliphatic rings. The lowest BCUT2D eigenvalue weighted by molar-refractivity contribution is -0.115. The summed E-state index contributed by atoms with van der Waals surface area (Å²) in [6.45, 7) is 0.568. The zero-order valence-electron chi connectivity index (χ0n) is 10.3. The molecule has 1 aromatic carbocycles. The van der Waals surface area contributed by atoms with Crippen molar-refractivity contribution < 1.29 is 9.21 Å². The number of amides is 1. The number of carbonyl (C=O) groups excluding carboxylic acids is 1. The molecule has 7 heteroatoms. The van der Waals surface area contributed by atoms with E-state index in [4.69, 9.17) is 39.2 Å². The van der Waals surface area contributed by atoms with Crippen LogP contribution < -0.4 is 10.6 Å². The summed E-state index contributed by atoms with van der Waals surface area (Å²) in [5, 5.41) is 6.57. The molecule has 0 aliphatic carbocycles. The molecule has 0 unspecified atom stereocenters. The van der Waals surface area contributed by atoms with Crippen LogP contribution in [0.15, 0.2) is 34.9 Å². The Morgan fingerprint density at radius 1 is 1.20 bits per heavy atom. The molecule has 0 aliphatic heterocycles. The third kappa shape index (κ3) is 4.15. The number of rotatable bonds is 5. The third-order valence-electron chi connectivity index (χ3n) is 2.44. The van der Waals surface area contributed by atoms with Crippen LogP contribution in [0.5, 0.6) is 0 Å². The minimum absolute atomic E-state index is 0.107. The average Bonchev–Trinajstić information content (AvgIpc) is 2.87. The topological polar surface area (TPSA) is 54.3 Å². The molecule has 20 heavy (non-hydrogen) atoms. The highest BCUT2D eigenvalue weighted by Crippen LogP contribution is 2.33. The quantitative estimate of drug-likeness (QED) is 0.870. The number of anilines is 1. The highest BCUT2D eigenvalue weighted by Gasteiger charge is 2.11. The van der Waals surface area contributed by atoms with Gasteiger partial charge in [0.25, 0.3) is 0 Å². The maximum Gasteiger partial charge on any atom is 0.238 e. The Kier molecular flexibility index (Phi) is 5.31. The Bertz CT molecular complexity index is 577. The van der Waals surface area contributed by atoms with Gasteiger partial charge >= 0.3 is 0 Å². The van der Waals surface area contributed by atoms with Crippen molar-refractivity contribution in [1.29, 1.82) is 0 Å². The number of nitrogens with one attached hydrogen (secondary N) is 2. The lowest BCUT2D eigenvalue weighted by Crippen LogP contribution is -2.27. The number of furan rings is 1. The molecule has 106 valence electrons. The van der Waals surface area contributed by atoms with Crippen LogP contribution >= 0.6 is 34.8 Å². The van der Waals surface area contributed by atoms with Crippen LogP contribution in [-0.2, 0) is 11.3 Å². The van der Waals surface area contributed by atoms with Crippen LogP contribution in [0, 0.1) is 0 Å². The van der Waals surface area contributed by atoms with Crippen LogP contribution in [0.2, 0.25) is 15.1 Å². The third-order valence-corrected chi connectivity index (χ3v) is 3.25. The van der Waals surface area contributed by atoms with Crippen molar-refractivity contribution in [2.75, 3.05) is 11.9 Å². The van der Waals surface area contributed by atoms with Gasteiger partial charge in [-0.3, -0.25) is 4.79 Å². The second kappa shape index (κ2) is 6.99. The molecule has 1 aromatic heterocycles. The van der Waals surface area contributed by atoms with Crippen LogP contribution in [-0.4, -0.2) is 12.5 Å². The Labute approximate surface area is 131 Å². The van der Waals surface area contributed by atoms with Crippen molar-refractivity contribution >= 4 is 46.4 Å². The molecule has 2 N–H and O–H groups in total. The van der Waals surface area contributed by atoms with Crippen molar-refractivity contribution in [3.05, 3.63) is 51.4 Å². The van der Waals surface area contributed by atoms with Gasteiger partial charge in [-0.2, -0.15) is 0 Å².